The van der Waals surface area contributed by atoms with Crippen molar-refractivity contribution in [1.82, 2.24) is 19.8 Å². The summed E-state index contributed by atoms with van der Waals surface area (Å²) in [5.74, 6) is -0.418. The number of carbonyl (C=O) groups is 2. The fourth-order valence-corrected chi connectivity index (χ4v) is 3.04. The molecule has 2 aromatic rings. The molecule has 2 amide bonds. The van der Waals surface area contributed by atoms with Crippen molar-refractivity contribution in [3.8, 4) is 0 Å². The zero-order valence-corrected chi connectivity index (χ0v) is 14.5. The van der Waals surface area contributed by atoms with Gasteiger partial charge in [0.1, 0.15) is 11.5 Å². The second kappa shape index (κ2) is 8.51. The van der Waals surface area contributed by atoms with Gasteiger partial charge in [-0.3, -0.25) is 14.6 Å². The lowest BCUT2D eigenvalue weighted by Gasteiger charge is -2.22. The molecule has 1 aliphatic rings. The van der Waals surface area contributed by atoms with Gasteiger partial charge in [-0.05, 0) is 30.5 Å². The Morgan fingerprint density at radius 2 is 1.88 bits per heavy atom. The third kappa shape index (κ3) is 4.62. The standard InChI is InChI=1S/C19H21FN4O2/c20-16-4-1-3-15(13-16)5-6-18(25)23-9-2-10-24(12-11-23)19(26)17-14-21-7-8-22-17/h1,3-4,7-8,13-14H,2,5-6,9-12H2. The Hall–Kier alpha value is -2.83. The van der Waals surface area contributed by atoms with E-state index in [0.717, 1.165) is 12.0 Å². The van der Waals surface area contributed by atoms with Gasteiger partial charge in [0.15, 0.2) is 0 Å². The summed E-state index contributed by atoms with van der Waals surface area (Å²) in [6.07, 6.45) is 6.04. The summed E-state index contributed by atoms with van der Waals surface area (Å²) in [6.45, 7) is 2.17. The highest BCUT2D eigenvalue weighted by Crippen LogP contribution is 2.11. The molecule has 0 aliphatic carbocycles. The van der Waals surface area contributed by atoms with Crippen LogP contribution in [0.2, 0.25) is 0 Å². The minimum Gasteiger partial charge on any atom is -0.341 e. The van der Waals surface area contributed by atoms with Crippen LogP contribution in [0.4, 0.5) is 4.39 Å². The van der Waals surface area contributed by atoms with Gasteiger partial charge >= 0.3 is 0 Å². The molecule has 0 spiro atoms. The third-order valence-electron chi connectivity index (χ3n) is 4.43. The molecule has 1 aromatic heterocycles. The molecule has 0 unspecified atom stereocenters. The zero-order chi connectivity index (χ0) is 18.4. The molecule has 26 heavy (non-hydrogen) atoms. The number of nitrogens with zero attached hydrogens (tertiary/aromatic N) is 4. The van der Waals surface area contributed by atoms with Crippen molar-refractivity contribution in [3.63, 3.8) is 0 Å². The fraction of sp³-hybridized carbons (Fsp3) is 0.368. The van der Waals surface area contributed by atoms with Crippen molar-refractivity contribution in [2.24, 2.45) is 0 Å². The van der Waals surface area contributed by atoms with Crippen LogP contribution in [0.3, 0.4) is 0 Å². The molecule has 7 heteroatoms. The van der Waals surface area contributed by atoms with Crippen LogP contribution in [-0.2, 0) is 11.2 Å². The van der Waals surface area contributed by atoms with Gasteiger partial charge in [0.05, 0.1) is 6.20 Å². The van der Waals surface area contributed by atoms with Crippen molar-refractivity contribution in [3.05, 3.63) is 59.9 Å². The summed E-state index contributed by atoms with van der Waals surface area (Å²) in [6, 6.07) is 6.32. The number of carbonyl (C=O) groups excluding carboxylic acids is 2. The lowest BCUT2D eigenvalue weighted by atomic mass is 10.1. The van der Waals surface area contributed by atoms with E-state index in [-0.39, 0.29) is 17.6 Å². The maximum absolute atomic E-state index is 13.2. The van der Waals surface area contributed by atoms with Crippen LogP contribution < -0.4 is 0 Å². The molecule has 1 saturated heterocycles. The number of benzene rings is 1. The molecule has 0 N–H and O–H groups in total. The van der Waals surface area contributed by atoms with Crippen LogP contribution in [-0.4, -0.2) is 57.8 Å². The topological polar surface area (TPSA) is 66.4 Å². The van der Waals surface area contributed by atoms with Crippen LogP contribution >= 0.6 is 0 Å². The Balaban J connectivity index is 1.53. The Morgan fingerprint density at radius 1 is 1.08 bits per heavy atom. The van der Waals surface area contributed by atoms with Crippen LogP contribution in [0.15, 0.2) is 42.9 Å². The van der Waals surface area contributed by atoms with E-state index in [0.29, 0.717) is 44.7 Å². The SMILES string of the molecule is O=C(CCc1cccc(F)c1)N1CCCN(C(=O)c2cnccn2)CC1. The molecule has 1 fully saturated rings. The third-order valence-corrected chi connectivity index (χ3v) is 4.43. The number of hydrogen-bond donors (Lipinski definition) is 0. The maximum Gasteiger partial charge on any atom is 0.274 e. The van der Waals surface area contributed by atoms with Crippen molar-refractivity contribution in [2.45, 2.75) is 19.3 Å². The van der Waals surface area contributed by atoms with Gasteiger partial charge in [-0.25, -0.2) is 9.37 Å². The first-order chi connectivity index (χ1) is 12.6. The van der Waals surface area contributed by atoms with E-state index in [1.807, 2.05) is 6.07 Å². The van der Waals surface area contributed by atoms with Crippen LogP contribution in [0.25, 0.3) is 0 Å². The van der Waals surface area contributed by atoms with Gasteiger partial charge < -0.3 is 9.80 Å². The van der Waals surface area contributed by atoms with E-state index in [1.54, 1.807) is 15.9 Å². The summed E-state index contributed by atoms with van der Waals surface area (Å²) in [4.78, 5) is 36.4. The number of aromatic nitrogens is 2. The smallest absolute Gasteiger partial charge is 0.274 e. The maximum atomic E-state index is 13.2. The van der Waals surface area contributed by atoms with Crippen molar-refractivity contribution in [1.29, 1.82) is 0 Å². The predicted octanol–water partition coefficient (Wildman–Crippen LogP) is 1.92. The molecule has 0 saturated carbocycles. The van der Waals surface area contributed by atoms with Crippen LogP contribution in [0.1, 0.15) is 28.9 Å². The van der Waals surface area contributed by atoms with E-state index in [1.165, 1.54) is 30.7 Å². The van der Waals surface area contributed by atoms with Crippen molar-refractivity contribution in [2.75, 3.05) is 26.2 Å². The Kier molecular flexibility index (Phi) is 5.88. The van der Waals surface area contributed by atoms with E-state index in [9.17, 15) is 14.0 Å². The molecule has 3 rings (SSSR count). The highest BCUT2D eigenvalue weighted by Gasteiger charge is 2.23. The normalized spacial score (nSPS) is 14.8. The summed E-state index contributed by atoms with van der Waals surface area (Å²) >= 11 is 0. The molecular formula is C19H21FN4O2. The quantitative estimate of drug-likeness (QED) is 0.840. The molecular weight excluding hydrogens is 335 g/mol. The molecule has 0 bridgehead atoms. The van der Waals surface area contributed by atoms with Gasteiger partial charge in [-0.1, -0.05) is 12.1 Å². The number of aryl methyl sites for hydroxylation is 1. The Labute approximate surface area is 151 Å². The first kappa shape index (κ1) is 18.0. The highest BCUT2D eigenvalue weighted by atomic mass is 19.1. The fourth-order valence-electron chi connectivity index (χ4n) is 3.04. The number of hydrogen-bond acceptors (Lipinski definition) is 4. The second-order valence-electron chi connectivity index (χ2n) is 6.25. The molecule has 2 heterocycles. The van der Waals surface area contributed by atoms with E-state index < -0.39 is 0 Å². The van der Waals surface area contributed by atoms with Gasteiger partial charge in [0.25, 0.3) is 5.91 Å². The molecule has 0 atom stereocenters. The Morgan fingerprint density at radius 3 is 2.65 bits per heavy atom. The zero-order valence-electron chi connectivity index (χ0n) is 14.5. The molecule has 0 radical (unpaired) electrons. The van der Waals surface area contributed by atoms with Crippen LogP contribution in [0.5, 0.6) is 0 Å². The van der Waals surface area contributed by atoms with Crippen LogP contribution in [0, 0.1) is 5.82 Å². The molecule has 6 nitrogen and oxygen atoms in total. The first-order valence-electron chi connectivity index (χ1n) is 8.71. The predicted molar refractivity (Wildman–Crippen MR) is 93.9 cm³/mol. The highest BCUT2D eigenvalue weighted by molar-refractivity contribution is 5.92. The number of rotatable bonds is 4. The minimum absolute atomic E-state index is 0.0306. The number of amides is 2. The van der Waals surface area contributed by atoms with Gasteiger partial charge in [0.2, 0.25) is 5.91 Å². The van der Waals surface area contributed by atoms with Gasteiger partial charge in [0, 0.05) is 45.0 Å². The summed E-state index contributed by atoms with van der Waals surface area (Å²) in [7, 11) is 0. The number of halogens is 1. The summed E-state index contributed by atoms with van der Waals surface area (Å²) in [5, 5.41) is 0. The average Bonchev–Trinajstić information content (AvgIpc) is 2.92. The van der Waals surface area contributed by atoms with Gasteiger partial charge in [-0.2, -0.15) is 0 Å². The van der Waals surface area contributed by atoms with E-state index in [2.05, 4.69) is 9.97 Å². The molecule has 136 valence electrons. The first-order valence-corrected chi connectivity index (χ1v) is 8.71. The average molecular weight is 356 g/mol. The summed E-state index contributed by atoms with van der Waals surface area (Å²) in [5.41, 5.74) is 1.13. The monoisotopic (exact) mass is 356 g/mol. The summed E-state index contributed by atoms with van der Waals surface area (Å²) < 4.78 is 13.2. The second-order valence-corrected chi connectivity index (χ2v) is 6.25. The Bertz CT molecular complexity index is 769. The van der Waals surface area contributed by atoms with E-state index >= 15 is 0 Å². The largest absolute Gasteiger partial charge is 0.341 e. The minimum atomic E-state index is -0.289. The lowest BCUT2D eigenvalue weighted by molar-refractivity contribution is -0.131. The molecule has 1 aromatic carbocycles. The van der Waals surface area contributed by atoms with Crippen molar-refractivity contribution < 1.29 is 14.0 Å². The van der Waals surface area contributed by atoms with Gasteiger partial charge in [-0.15, -0.1) is 0 Å². The lowest BCUT2D eigenvalue weighted by Crippen LogP contribution is -2.37. The van der Waals surface area contributed by atoms with Crippen molar-refractivity contribution >= 4 is 11.8 Å². The van der Waals surface area contributed by atoms with E-state index in [4.69, 9.17) is 0 Å². The molecule has 1 aliphatic heterocycles.